The molecule has 3 heterocycles. The number of hydrogen-bond donors (Lipinski definition) is 2. The number of nitrogens with zero attached hydrogens (tertiary/aromatic N) is 3. The first-order valence-electron chi connectivity index (χ1n) is 10.7. The molecule has 5 nitrogen and oxygen atoms in total. The number of phenolic OH excluding ortho intramolecular Hbond substituents is 1. The summed E-state index contributed by atoms with van der Waals surface area (Å²) in [5.41, 5.74) is 3.20. The average Bonchev–Trinajstić information content (AvgIpc) is 3.40. The maximum Gasteiger partial charge on any atom is 0.170 e. The molecule has 0 radical (unpaired) electrons. The molecule has 3 aromatic rings. The lowest BCUT2D eigenvalue weighted by atomic mass is 9.92. The van der Waals surface area contributed by atoms with E-state index in [9.17, 15) is 5.11 Å². The Balaban J connectivity index is 1.60. The minimum Gasteiger partial charge on any atom is -0.508 e. The summed E-state index contributed by atoms with van der Waals surface area (Å²) in [5.74, 6) is 0.270. The van der Waals surface area contributed by atoms with E-state index < -0.39 is 0 Å². The van der Waals surface area contributed by atoms with E-state index in [-0.39, 0.29) is 17.8 Å². The van der Waals surface area contributed by atoms with Gasteiger partial charge in [-0.1, -0.05) is 25.3 Å². The molecule has 1 aromatic carbocycles. The first kappa shape index (κ1) is 19.1. The van der Waals surface area contributed by atoms with Crippen LogP contribution in [0.4, 0.5) is 0 Å². The van der Waals surface area contributed by atoms with Gasteiger partial charge in [-0.15, -0.1) is 0 Å². The van der Waals surface area contributed by atoms with Crippen LogP contribution in [-0.2, 0) is 0 Å². The second-order valence-electron chi connectivity index (χ2n) is 8.15. The van der Waals surface area contributed by atoms with E-state index >= 15 is 0 Å². The Morgan fingerprint density at radius 3 is 2.50 bits per heavy atom. The highest BCUT2D eigenvalue weighted by Crippen LogP contribution is 2.43. The average molecular weight is 419 g/mol. The Morgan fingerprint density at radius 1 is 0.967 bits per heavy atom. The molecule has 2 N–H and O–H groups in total. The fourth-order valence-corrected chi connectivity index (χ4v) is 5.31. The molecular formula is C24H26N4OS. The highest BCUT2D eigenvalue weighted by Gasteiger charge is 2.44. The van der Waals surface area contributed by atoms with Crippen molar-refractivity contribution in [3.05, 3.63) is 78.4 Å². The van der Waals surface area contributed by atoms with Crippen LogP contribution < -0.4 is 5.32 Å². The third-order valence-corrected chi connectivity index (χ3v) is 6.64. The number of thiocarbonyl (C=S) groups is 1. The van der Waals surface area contributed by atoms with Crippen molar-refractivity contribution in [2.75, 3.05) is 0 Å². The molecule has 0 bridgehead atoms. The maximum absolute atomic E-state index is 9.72. The SMILES string of the molecule is Oc1ccc(-n2cccc2[C@H]2[C@H](c3ccccn3)NC(=S)N2C2CCCCC2)cc1. The van der Waals surface area contributed by atoms with Gasteiger partial charge in [0.15, 0.2) is 5.11 Å². The van der Waals surface area contributed by atoms with Crippen LogP contribution >= 0.6 is 12.2 Å². The molecule has 2 aliphatic rings. The van der Waals surface area contributed by atoms with Gasteiger partial charge in [0.05, 0.1) is 17.8 Å². The summed E-state index contributed by atoms with van der Waals surface area (Å²) in [5, 5.41) is 14.1. The van der Waals surface area contributed by atoms with Gasteiger partial charge in [0, 0.05) is 29.8 Å². The zero-order valence-corrected chi connectivity index (χ0v) is 17.6. The van der Waals surface area contributed by atoms with Crippen molar-refractivity contribution in [1.82, 2.24) is 19.8 Å². The van der Waals surface area contributed by atoms with E-state index in [1.54, 1.807) is 12.1 Å². The van der Waals surface area contributed by atoms with Gasteiger partial charge in [-0.05, 0) is 73.6 Å². The molecule has 0 spiro atoms. The smallest absolute Gasteiger partial charge is 0.170 e. The van der Waals surface area contributed by atoms with Crippen molar-refractivity contribution < 1.29 is 5.11 Å². The lowest BCUT2D eigenvalue weighted by Crippen LogP contribution is -2.40. The number of aromatic hydroxyl groups is 1. The predicted octanol–water partition coefficient (Wildman–Crippen LogP) is 4.88. The van der Waals surface area contributed by atoms with E-state index in [2.05, 4.69) is 44.2 Å². The van der Waals surface area contributed by atoms with Crippen LogP contribution in [0.2, 0.25) is 0 Å². The molecule has 1 aliphatic carbocycles. The largest absolute Gasteiger partial charge is 0.508 e. The van der Waals surface area contributed by atoms with Gasteiger partial charge < -0.3 is 19.9 Å². The van der Waals surface area contributed by atoms with E-state index in [0.717, 1.165) is 16.5 Å². The second-order valence-corrected chi connectivity index (χ2v) is 8.53. The summed E-state index contributed by atoms with van der Waals surface area (Å²) in [6.07, 6.45) is 10.1. The van der Waals surface area contributed by atoms with Crippen molar-refractivity contribution in [3.63, 3.8) is 0 Å². The second kappa shape index (κ2) is 8.11. The van der Waals surface area contributed by atoms with Gasteiger partial charge in [0.2, 0.25) is 0 Å². The molecule has 0 unspecified atom stereocenters. The lowest BCUT2D eigenvalue weighted by Gasteiger charge is -2.37. The summed E-state index contributed by atoms with van der Waals surface area (Å²) in [7, 11) is 0. The molecule has 1 saturated carbocycles. The Hall–Kier alpha value is -2.86. The number of aromatic nitrogens is 2. The van der Waals surface area contributed by atoms with Crippen molar-refractivity contribution in [3.8, 4) is 11.4 Å². The molecule has 2 fully saturated rings. The zero-order chi connectivity index (χ0) is 20.5. The molecule has 1 aliphatic heterocycles. The topological polar surface area (TPSA) is 53.3 Å². The maximum atomic E-state index is 9.72. The monoisotopic (exact) mass is 418 g/mol. The fraction of sp³-hybridized carbons (Fsp3) is 0.333. The number of nitrogens with one attached hydrogen (secondary N) is 1. The summed E-state index contributed by atoms with van der Waals surface area (Å²) >= 11 is 5.87. The number of rotatable bonds is 4. The van der Waals surface area contributed by atoms with Crippen LogP contribution in [0.3, 0.4) is 0 Å². The first-order chi connectivity index (χ1) is 14.7. The van der Waals surface area contributed by atoms with Crippen LogP contribution in [0, 0.1) is 0 Å². The highest BCUT2D eigenvalue weighted by atomic mass is 32.1. The third kappa shape index (κ3) is 3.45. The number of hydrogen-bond acceptors (Lipinski definition) is 3. The quantitative estimate of drug-likeness (QED) is 0.591. The van der Waals surface area contributed by atoms with Crippen LogP contribution in [0.5, 0.6) is 5.75 Å². The minimum absolute atomic E-state index is 0.00797. The van der Waals surface area contributed by atoms with Gasteiger partial charge in [0.25, 0.3) is 0 Å². The number of pyridine rings is 1. The highest BCUT2D eigenvalue weighted by molar-refractivity contribution is 7.80. The predicted molar refractivity (Wildman–Crippen MR) is 122 cm³/mol. The van der Waals surface area contributed by atoms with Gasteiger partial charge in [-0.25, -0.2) is 0 Å². The van der Waals surface area contributed by atoms with E-state index in [1.807, 2.05) is 30.5 Å². The van der Waals surface area contributed by atoms with E-state index in [0.29, 0.717) is 6.04 Å². The molecule has 1 saturated heterocycles. The van der Waals surface area contributed by atoms with Crippen molar-refractivity contribution in [2.45, 2.75) is 50.2 Å². The number of phenols is 1. The number of benzene rings is 1. The Labute approximate surface area is 182 Å². The zero-order valence-electron chi connectivity index (χ0n) is 16.8. The van der Waals surface area contributed by atoms with E-state index in [1.165, 1.54) is 37.8 Å². The normalized spacial score (nSPS) is 22.3. The van der Waals surface area contributed by atoms with Gasteiger partial charge >= 0.3 is 0 Å². The van der Waals surface area contributed by atoms with Gasteiger partial charge in [-0.3, -0.25) is 4.98 Å². The molecule has 6 heteroatoms. The Kier molecular flexibility index (Phi) is 5.17. The Bertz CT molecular complexity index is 1010. The standard InChI is InChI=1S/C24H26N4OS/c29-19-13-11-17(12-14-19)27-16-6-10-21(27)23-22(20-9-4-5-15-25-20)26-24(30)28(23)18-7-2-1-3-8-18/h4-6,9-16,18,22-23,29H,1-3,7-8H2,(H,26,30)/t22-,23-/m0/s1. The fourth-order valence-electron chi connectivity index (χ4n) is 4.92. The molecule has 154 valence electrons. The van der Waals surface area contributed by atoms with Crippen LogP contribution in [-0.4, -0.2) is 30.7 Å². The van der Waals surface area contributed by atoms with Gasteiger partial charge in [-0.2, -0.15) is 0 Å². The first-order valence-corrected chi connectivity index (χ1v) is 11.1. The molecule has 2 aromatic heterocycles. The molecule has 0 amide bonds. The Morgan fingerprint density at radius 2 is 1.77 bits per heavy atom. The lowest BCUT2D eigenvalue weighted by molar-refractivity contribution is 0.193. The molecule has 2 atom stereocenters. The van der Waals surface area contributed by atoms with Gasteiger partial charge in [0.1, 0.15) is 5.75 Å². The summed E-state index contributed by atoms with van der Waals surface area (Å²) in [4.78, 5) is 7.09. The third-order valence-electron chi connectivity index (χ3n) is 6.31. The van der Waals surface area contributed by atoms with Crippen molar-refractivity contribution >= 4 is 17.3 Å². The summed E-state index contributed by atoms with van der Waals surface area (Å²) in [6.45, 7) is 0. The molecular weight excluding hydrogens is 392 g/mol. The van der Waals surface area contributed by atoms with Crippen LogP contribution in [0.25, 0.3) is 5.69 Å². The van der Waals surface area contributed by atoms with Crippen LogP contribution in [0.1, 0.15) is 55.6 Å². The summed E-state index contributed by atoms with van der Waals surface area (Å²) < 4.78 is 2.20. The van der Waals surface area contributed by atoms with E-state index in [4.69, 9.17) is 12.2 Å². The van der Waals surface area contributed by atoms with Crippen molar-refractivity contribution in [1.29, 1.82) is 0 Å². The minimum atomic E-state index is -0.00797. The summed E-state index contributed by atoms with van der Waals surface area (Å²) in [6, 6.07) is 18.2. The van der Waals surface area contributed by atoms with Crippen LogP contribution in [0.15, 0.2) is 67.0 Å². The van der Waals surface area contributed by atoms with Crippen molar-refractivity contribution in [2.24, 2.45) is 0 Å². The molecule has 5 rings (SSSR count). The molecule has 30 heavy (non-hydrogen) atoms.